The van der Waals surface area contributed by atoms with Gasteiger partial charge in [-0.1, -0.05) is 12.1 Å². The molecule has 0 unspecified atom stereocenters. The second kappa shape index (κ2) is 5.80. The average Bonchev–Trinajstić information content (AvgIpc) is 2.29. The van der Waals surface area contributed by atoms with Gasteiger partial charge in [-0.2, -0.15) is 0 Å². The summed E-state index contributed by atoms with van der Waals surface area (Å²) in [6, 6.07) is 7.57. The molecule has 2 N–H and O–H groups in total. The molecule has 0 saturated heterocycles. The van der Waals surface area contributed by atoms with Crippen molar-refractivity contribution in [2.45, 2.75) is 19.0 Å². The number of nitrogens with one attached hydrogen (secondary N) is 1. The lowest BCUT2D eigenvalue weighted by Crippen LogP contribution is -2.37. The Kier molecular flexibility index (Phi) is 4.66. The molecular weight excluding hydrogens is 216 g/mol. The molecule has 0 aliphatic rings. The monoisotopic (exact) mass is 236 g/mol. The van der Waals surface area contributed by atoms with Crippen LogP contribution in [0.5, 0.6) is 0 Å². The zero-order chi connectivity index (χ0) is 13.0. The number of aromatic carboxylic acids is 1. The summed E-state index contributed by atoms with van der Waals surface area (Å²) in [6.07, 6.45) is 0. The molecule has 0 aliphatic heterocycles. The van der Waals surface area contributed by atoms with Gasteiger partial charge >= 0.3 is 5.97 Å². The van der Waals surface area contributed by atoms with Crippen LogP contribution in [-0.4, -0.2) is 43.2 Å². The summed E-state index contributed by atoms with van der Waals surface area (Å²) in [6.45, 7) is 2.11. The third-order valence-electron chi connectivity index (χ3n) is 2.98. The van der Waals surface area contributed by atoms with E-state index in [2.05, 4.69) is 17.1 Å². The molecule has 0 saturated carbocycles. The average molecular weight is 236 g/mol. The second-order valence-electron chi connectivity index (χ2n) is 4.41. The van der Waals surface area contributed by atoms with Crippen LogP contribution in [0.1, 0.15) is 28.9 Å². The Labute approximate surface area is 102 Å². The highest BCUT2D eigenvalue weighted by atomic mass is 16.4. The number of benzene rings is 1. The molecule has 0 radical (unpaired) electrons. The van der Waals surface area contributed by atoms with Gasteiger partial charge < -0.3 is 15.3 Å². The zero-order valence-corrected chi connectivity index (χ0v) is 10.8. The maximum Gasteiger partial charge on any atom is 0.335 e. The molecule has 4 heteroatoms. The van der Waals surface area contributed by atoms with Crippen LogP contribution in [0.15, 0.2) is 24.3 Å². The predicted octanol–water partition coefficient (Wildman–Crippen LogP) is 1.60. The molecule has 0 spiro atoms. The van der Waals surface area contributed by atoms with E-state index in [4.69, 9.17) is 5.11 Å². The van der Waals surface area contributed by atoms with Crippen molar-refractivity contribution in [3.05, 3.63) is 35.4 Å². The smallest absolute Gasteiger partial charge is 0.335 e. The van der Waals surface area contributed by atoms with E-state index < -0.39 is 5.97 Å². The molecule has 17 heavy (non-hydrogen) atoms. The van der Waals surface area contributed by atoms with Gasteiger partial charge in [0.1, 0.15) is 0 Å². The fourth-order valence-corrected chi connectivity index (χ4v) is 2.01. The van der Waals surface area contributed by atoms with E-state index in [1.165, 1.54) is 0 Å². The Bertz CT molecular complexity index is 374. The van der Waals surface area contributed by atoms with Gasteiger partial charge in [0.15, 0.2) is 0 Å². The second-order valence-corrected chi connectivity index (χ2v) is 4.41. The maximum atomic E-state index is 10.8. The molecule has 0 aliphatic carbocycles. The van der Waals surface area contributed by atoms with Crippen molar-refractivity contribution >= 4 is 5.97 Å². The van der Waals surface area contributed by atoms with Gasteiger partial charge in [0.25, 0.3) is 0 Å². The Morgan fingerprint density at radius 1 is 1.29 bits per heavy atom. The molecule has 0 aromatic heterocycles. The van der Waals surface area contributed by atoms with E-state index in [0.717, 1.165) is 5.56 Å². The largest absolute Gasteiger partial charge is 0.478 e. The highest BCUT2D eigenvalue weighted by Crippen LogP contribution is 2.22. The summed E-state index contributed by atoms with van der Waals surface area (Å²) in [5, 5.41) is 12.1. The Morgan fingerprint density at radius 3 is 2.18 bits per heavy atom. The highest BCUT2D eigenvalue weighted by molar-refractivity contribution is 5.87. The molecule has 4 nitrogen and oxygen atoms in total. The normalized spacial score (nSPS) is 14.6. The van der Waals surface area contributed by atoms with Crippen molar-refractivity contribution in [1.29, 1.82) is 0 Å². The minimum atomic E-state index is -0.889. The molecule has 2 atom stereocenters. The first-order valence-electron chi connectivity index (χ1n) is 5.64. The van der Waals surface area contributed by atoms with Gasteiger partial charge in [-0.25, -0.2) is 4.79 Å². The van der Waals surface area contributed by atoms with Crippen LogP contribution in [0.2, 0.25) is 0 Å². The van der Waals surface area contributed by atoms with Crippen molar-refractivity contribution in [2.75, 3.05) is 21.1 Å². The Morgan fingerprint density at radius 2 is 1.82 bits per heavy atom. The summed E-state index contributed by atoms with van der Waals surface area (Å²) < 4.78 is 0. The first kappa shape index (κ1) is 13.7. The van der Waals surface area contributed by atoms with Crippen molar-refractivity contribution in [3.8, 4) is 0 Å². The van der Waals surface area contributed by atoms with Gasteiger partial charge in [-0.15, -0.1) is 0 Å². The SMILES string of the molecule is CN[C@@H](C)[C@H](c1ccc(C(=O)O)cc1)N(C)C. The molecule has 0 amide bonds. The Balaban J connectivity index is 2.99. The lowest BCUT2D eigenvalue weighted by Gasteiger charge is -2.30. The number of likely N-dealkylation sites (N-methyl/N-ethyl adjacent to an activating group) is 2. The van der Waals surface area contributed by atoms with Gasteiger partial charge in [0, 0.05) is 12.1 Å². The number of hydrogen-bond donors (Lipinski definition) is 2. The fourth-order valence-electron chi connectivity index (χ4n) is 2.01. The van der Waals surface area contributed by atoms with E-state index in [0.29, 0.717) is 11.6 Å². The summed E-state index contributed by atoms with van der Waals surface area (Å²) in [7, 11) is 5.96. The molecule has 0 fully saturated rings. The van der Waals surface area contributed by atoms with Gasteiger partial charge in [-0.05, 0) is 45.8 Å². The number of carboxylic acid groups (broad SMARTS) is 1. The summed E-state index contributed by atoms with van der Waals surface area (Å²) in [4.78, 5) is 12.9. The Hall–Kier alpha value is -1.39. The van der Waals surface area contributed by atoms with Gasteiger partial charge in [-0.3, -0.25) is 0 Å². The number of rotatable bonds is 5. The van der Waals surface area contributed by atoms with Crippen LogP contribution in [-0.2, 0) is 0 Å². The van der Waals surface area contributed by atoms with Crippen molar-refractivity contribution < 1.29 is 9.90 Å². The van der Waals surface area contributed by atoms with Crippen molar-refractivity contribution in [1.82, 2.24) is 10.2 Å². The topological polar surface area (TPSA) is 52.6 Å². The molecule has 94 valence electrons. The van der Waals surface area contributed by atoms with Crippen LogP contribution in [0.4, 0.5) is 0 Å². The number of hydrogen-bond acceptors (Lipinski definition) is 3. The van der Waals surface area contributed by atoms with Crippen LogP contribution >= 0.6 is 0 Å². The van der Waals surface area contributed by atoms with Crippen LogP contribution in [0, 0.1) is 0 Å². The first-order valence-corrected chi connectivity index (χ1v) is 5.64. The molecule has 1 rings (SSSR count). The van der Waals surface area contributed by atoms with E-state index in [9.17, 15) is 4.79 Å². The zero-order valence-electron chi connectivity index (χ0n) is 10.8. The van der Waals surface area contributed by atoms with Crippen molar-refractivity contribution in [2.24, 2.45) is 0 Å². The quantitative estimate of drug-likeness (QED) is 0.815. The minimum Gasteiger partial charge on any atom is -0.478 e. The van der Waals surface area contributed by atoms with Crippen LogP contribution in [0.25, 0.3) is 0 Å². The lowest BCUT2D eigenvalue weighted by molar-refractivity contribution is 0.0697. The third-order valence-corrected chi connectivity index (χ3v) is 2.98. The summed E-state index contributed by atoms with van der Waals surface area (Å²) in [5.41, 5.74) is 1.44. The van der Waals surface area contributed by atoms with Crippen LogP contribution < -0.4 is 5.32 Å². The fraction of sp³-hybridized carbons (Fsp3) is 0.462. The van der Waals surface area contributed by atoms with Gasteiger partial charge in [0.05, 0.1) is 5.56 Å². The number of carbonyl (C=O) groups is 1. The molecule has 0 bridgehead atoms. The maximum absolute atomic E-state index is 10.8. The van der Waals surface area contributed by atoms with E-state index in [1.807, 2.05) is 33.3 Å². The summed E-state index contributed by atoms with van der Waals surface area (Å²) >= 11 is 0. The number of carboxylic acids is 1. The first-order chi connectivity index (χ1) is 7.97. The molecule has 1 aromatic rings. The van der Waals surface area contributed by atoms with Crippen molar-refractivity contribution in [3.63, 3.8) is 0 Å². The summed E-state index contributed by atoms with van der Waals surface area (Å²) in [5.74, 6) is -0.889. The molecular formula is C13H20N2O2. The van der Waals surface area contributed by atoms with E-state index >= 15 is 0 Å². The third kappa shape index (κ3) is 3.28. The molecule has 0 heterocycles. The predicted molar refractivity (Wildman–Crippen MR) is 68.4 cm³/mol. The van der Waals surface area contributed by atoms with E-state index in [-0.39, 0.29) is 6.04 Å². The highest BCUT2D eigenvalue weighted by Gasteiger charge is 2.20. The van der Waals surface area contributed by atoms with E-state index in [1.54, 1.807) is 12.1 Å². The molecule has 1 aromatic carbocycles. The minimum absolute atomic E-state index is 0.225. The lowest BCUT2D eigenvalue weighted by atomic mass is 9.98. The van der Waals surface area contributed by atoms with Crippen LogP contribution in [0.3, 0.4) is 0 Å². The standard InChI is InChI=1S/C13H20N2O2/c1-9(14-2)12(15(3)4)10-5-7-11(8-6-10)13(16)17/h5-9,12,14H,1-4H3,(H,16,17)/t9-,12+/m0/s1. The number of nitrogens with zero attached hydrogens (tertiary/aromatic N) is 1. The van der Waals surface area contributed by atoms with Gasteiger partial charge in [0.2, 0.25) is 0 Å².